The molecule has 1 atom stereocenters. The molecule has 0 bridgehead atoms. The molecule has 0 rings (SSSR count). The van der Waals surface area contributed by atoms with Gasteiger partial charge >= 0.3 is 5.97 Å². The average Bonchev–Trinajstić information content (AvgIpc) is 2.11. The second-order valence-corrected chi connectivity index (χ2v) is 4.99. The fourth-order valence-electron chi connectivity index (χ4n) is 1.61. The fourth-order valence-corrected chi connectivity index (χ4v) is 1.61. The Morgan fingerprint density at radius 1 is 1.47 bits per heavy atom. The van der Waals surface area contributed by atoms with E-state index in [9.17, 15) is 4.79 Å². The van der Waals surface area contributed by atoms with E-state index in [1.165, 1.54) is 0 Å². The van der Waals surface area contributed by atoms with Crippen LogP contribution in [0.2, 0.25) is 0 Å². The minimum Gasteiger partial charge on any atom is -0.481 e. The van der Waals surface area contributed by atoms with Crippen molar-refractivity contribution < 1.29 is 9.90 Å². The molecule has 2 N–H and O–H groups in total. The van der Waals surface area contributed by atoms with E-state index in [0.717, 1.165) is 25.8 Å². The molecule has 3 heteroatoms. The third-order valence-electron chi connectivity index (χ3n) is 2.62. The van der Waals surface area contributed by atoms with Crippen LogP contribution in [0.15, 0.2) is 0 Å². The Balaban J connectivity index is 4.19. The summed E-state index contributed by atoms with van der Waals surface area (Å²) in [7, 11) is 0. The molecule has 0 aromatic carbocycles. The predicted molar refractivity (Wildman–Crippen MR) is 63.0 cm³/mol. The maximum atomic E-state index is 10.8. The SMILES string of the molecule is CCCNC(C)(CCC(C)C)CC(=O)O. The molecule has 0 saturated carbocycles. The summed E-state index contributed by atoms with van der Waals surface area (Å²) in [6.45, 7) is 9.33. The third kappa shape index (κ3) is 7.37. The van der Waals surface area contributed by atoms with E-state index in [0.29, 0.717) is 5.92 Å². The number of nitrogens with one attached hydrogen (secondary N) is 1. The highest BCUT2D eigenvalue weighted by atomic mass is 16.4. The van der Waals surface area contributed by atoms with Gasteiger partial charge in [0.05, 0.1) is 6.42 Å². The lowest BCUT2D eigenvalue weighted by Crippen LogP contribution is -2.44. The lowest BCUT2D eigenvalue weighted by molar-refractivity contribution is -0.138. The van der Waals surface area contributed by atoms with E-state index in [-0.39, 0.29) is 12.0 Å². The van der Waals surface area contributed by atoms with Crippen LogP contribution in [0.4, 0.5) is 0 Å². The molecule has 0 aliphatic heterocycles. The van der Waals surface area contributed by atoms with Gasteiger partial charge in [0.1, 0.15) is 0 Å². The van der Waals surface area contributed by atoms with Crippen LogP contribution < -0.4 is 5.32 Å². The first-order valence-corrected chi connectivity index (χ1v) is 5.86. The molecule has 0 heterocycles. The molecule has 1 unspecified atom stereocenters. The zero-order chi connectivity index (χ0) is 11.9. The van der Waals surface area contributed by atoms with E-state index in [1.54, 1.807) is 0 Å². The number of aliphatic carboxylic acids is 1. The van der Waals surface area contributed by atoms with Crippen molar-refractivity contribution >= 4 is 5.97 Å². The summed E-state index contributed by atoms with van der Waals surface area (Å²) in [6, 6.07) is 0. The first-order chi connectivity index (χ1) is 6.89. The Bertz CT molecular complexity index is 192. The van der Waals surface area contributed by atoms with Gasteiger partial charge in [0.25, 0.3) is 0 Å². The number of hydrogen-bond acceptors (Lipinski definition) is 2. The van der Waals surface area contributed by atoms with Gasteiger partial charge in [-0.05, 0) is 38.6 Å². The summed E-state index contributed by atoms with van der Waals surface area (Å²) >= 11 is 0. The number of rotatable bonds is 8. The first kappa shape index (κ1) is 14.4. The number of carboxylic acids is 1. The van der Waals surface area contributed by atoms with Crippen molar-refractivity contribution in [2.45, 2.75) is 58.9 Å². The Labute approximate surface area is 93.3 Å². The van der Waals surface area contributed by atoms with Crippen LogP contribution in [0.5, 0.6) is 0 Å². The molecule has 0 saturated heterocycles. The molecule has 0 fully saturated rings. The van der Waals surface area contributed by atoms with Gasteiger partial charge in [-0.25, -0.2) is 0 Å². The van der Waals surface area contributed by atoms with E-state index in [1.807, 2.05) is 6.92 Å². The highest BCUT2D eigenvalue weighted by molar-refractivity contribution is 5.68. The van der Waals surface area contributed by atoms with Crippen molar-refractivity contribution in [3.8, 4) is 0 Å². The smallest absolute Gasteiger partial charge is 0.305 e. The van der Waals surface area contributed by atoms with Gasteiger partial charge in [0, 0.05) is 5.54 Å². The van der Waals surface area contributed by atoms with E-state index in [4.69, 9.17) is 5.11 Å². The minimum atomic E-state index is -0.718. The summed E-state index contributed by atoms with van der Waals surface area (Å²) in [5.41, 5.74) is -0.244. The summed E-state index contributed by atoms with van der Waals surface area (Å²) in [5, 5.41) is 12.2. The number of carbonyl (C=O) groups is 1. The van der Waals surface area contributed by atoms with Gasteiger partial charge < -0.3 is 10.4 Å². The van der Waals surface area contributed by atoms with Crippen molar-refractivity contribution in [1.82, 2.24) is 5.32 Å². The largest absolute Gasteiger partial charge is 0.481 e. The monoisotopic (exact) mass is 215 g/mol. The highest BCUT2D eigenvalue weighted by Crippen LogP contribution is 2.20. The Kier molecular flexibility index (Phi) is 6.57. The zero-order valence-corrected chi connectivity index (χ0v) is 10.5. The van der Waals surface area contributed by atoms with Crippen molar-refractivity contribution in [3.63, 3.8) is 0 Å². The van der Waals surface area contributed by atoms with Crippen LogP contribution in [0.1, 0.15) is 53.4 Å². The van der Waals surface area contributed by atoms with E-state index in [2.05, 4.69) is 26.1 Å². The molecular formula is C12H25NO2. The Morgan fingerprint density at radius 3 is 2.47 bits per heavy atom. The number of carboxylic acid groups (broad SMARTS) is 1. The van der Waals surface area contributed by atoms with Gasteiger partial charge in [-0.15, -0.1) is 0 Å². The van der Waals surface area contributed by atoms with Gasteiger partial charge in [-0.1, -0.05) is 20.8 Å². The molecule has 0 aromatic heterocycles. The van der Waals surface area contributed by atoms with Crippen LogP contribution in [0.3, 0.4) is 0 Å². The zero-order valence-electron chi connectivity index (χ0n) is 10.5. The summed E-state index contributed by atoms with van der Waals surface area (Å²) < 4.78 is 0. The van der Waals surface area contributed by atoms with E-state index >= 15 is 0 Å². The van der Waals surface area contributed by atoms with E-state index < -0.39 is 5.97 Å². The second-order valence-electron chi connectivity index (χ2n) is 4.99. The van der Waals surface area contributed by atoms with Crippen molar-refractivity contribution in [2.24, 2.45) is 5.92 Å². The summed E-state index contributed by atoms with van der Waals surface area (Å²) in [4.78, 5) is 10.8. The van der Waals surface area contributed by atoms with Gasteiger partial charge in [-0.3, -0.25) is 4.79 Å². The highest BCUT2D eigenvalue weighted by Gasteiger charge is 2.26. The quantitative estimate of drug-likeness (QED) is 0.654. The molecule has 0 amide bonds. The van der Waals surface area contributed by atoms with Gasteiger partial charge in [-0.2, -0.15) is 0 Å². The predicted octanol–water partition coefficient (Wildman–Crippen LogP) is 2.66. The lowest BCUT2D eigenvalue weighted by atomic mass is 9.89. The molecule has 0 aliphatic carbocycles. The van der Waals surface area contributed by atoms with Crippen LogP contribution in [-0.2, 0) is 4.79 Å². The maximum Gasteiger partial charge on any atom is 0.305 e. The Morgan fingerprint density at radius 2 is 2.07 bits per heavy atom. The van der Waals surface area contributed by atoms with Crippen molar-refractivity contribution in [2.75, 3.05) is 6.54 Å². The normalized spacial score (nSPS) is 15.3. The fraction of sp³-hybridized carbons (Fsp3) is 0.917. The molecule has 3 nitrogen and oxygen atoms in total. The molecule has 15 heavy (non-hydrogen) atoms. The maximum absolute atomic E-state index is 10.8. The Hall–Kier alpha value is -0.570. The molecule has 0 spiro atoms. The average molecular weight is 215 g/mol. The van der Waals surface area contributed by atoms with Crippen molar-refractivity contribution in [3.05, 3.63) is 0 Å². The van der Waals surface area contributed by atoms with Crippen LogP contribution in [0, 0.1) is 5.92 Å². The number of hydrogen-bond donors (Lipinski definition) is 2. The molecule has 0 aromatic rings. The molecule has 0 aliphatic rings. The van der Waals surface area contributed by atoms with Crippen LogP contribution in [0.25, 0.3) is 0 Å². The summed E-state index contributed by atoms with van der Waals surface area (Å²) in [6.07, 6.45) is 3.24. The topological polar surface area (TPSA) is 49.3 Å². The molecular weight excluding hydrogens is 190 g/mol. The minimum absolute atomic E-state index is 0.208. The van der Waals surface area contributed by atoms with Gasteiger partial charge in [0.2, 0.25) is 0 Å². The standard InChI is InChI=1S/C12H25NO2/c1-5-8-13-12(4,9-11(14)15)7-6-10(2)3/h10,13H,5-9H2,1-4H3,(H,14,15). The van der Waals surface area contributed by atoms with Crippen molar-refractivity contribution in [1.29, 1.82) is 0 Å². The lowest BCUT2D eigenvalue weighted by Gasteiger charge is -2.30. The molecule has 90 valence electrons. The molecule has 0 radical (unpaired) electrons. The summed E-state index contributed by atoms with van der Waals surface area (Å²) in [5.74, 6) is -0.0913. The third-order valence-corrected chi connectivity index (χ3v) is 2.62. The second kappa shape index (κ2) is 6.83. The van der Waals surface area contributed by atoms with Gasteiger partial charge in [0.15, 0.2) is 0 Å². The van der Waals surface area contributed by atoms with Crippen LogP contribution >= 0.6 is 0 Å². The first-order valence-electron chi connectivity index (χ1n) is 5.86. The van der Waals surface area contributed by atoms with Crippen LogP contribution in [-0.4, -0.2) is 23.2 Å².